The summed E-state index contributed by atoms with van der Waals surface area (Å²) in [6.07, 6.45) is 4.52. The van der Waals surface area contributed by atoms with Crippen LogP contribution in [-0.4, -0.2) is 41.1 Å². The fourth-order valence-corrected chi connectivity index (χ4v) is 4.18. The highest BCUT2D eigenvalue weighted by Gasteiger charge is 2.55. The number of anilines is 2. The Labute approximate surface area is 133 Å². The van der Waals surface area contributed by atoms with Crippen LogP contribution in [0.4, 0.5) is 11.6 Å². The molecule has 2 aromatic rings. The van der Waals surface area contributed by atoms with E-state index in [1.165, 1.54) is 13.4 Å². The van der Waals surface area contributed by atoms with Gasteiger partial charge in [0.1, 0.15) is 18.0 Å². The van der Waals surface area contributed by atoms with Gasteiger partial charge in [-0.15, -0.1) is 0 Å². The lowest BCUT2D eigenvalue weighted by Crippen LogP contribution is -2.37. The van der Waals surface area contributed by atoms with Gasteiger partial charge in [0.05, 0.1) is 17.9 Å². The monoisotopic (exact) mass is 313 g/mol. The molecule has 0 bridgehead atoms. The number of fused-ring (bicyclic) bond motifs is 2. The standard InChI is InChI=1S/C16H19N5O2/c1-23-15(22)16-6-2-3-10(16)7-21(8-16)14-11-4-5-12(17)20-13(11)18-9-19-14/h4-5,9-10H,2-3,6-8H2,1H3,(H2,17,18,19,20). The first-order valence-electron chi connectivity index (χ1n) is 7.85. The number of nitrogens with two attached hydrogens (primary N) is 1. The quantitative estimate of drug-likeness (QED) is 0.837. The van der Waals surface area contributed by atoms with Crippen LogP contribution in [0.3, 0.4) is 0 Å². The van der Waals surface area contributed by atoms with Crippen molar-refractivity contribution >= 4 is 28.6 Å². The summed E-state index contributed by atoms with van der Waals surface area (Å²) in [5, 5.41) is 0.863. The lowest BCUT2D eigenvalue weighted by molar-refractivity contribution is -0.152. The van der Waals surface area contributed by atoms with Gasteiger partial charge in [-0.2, -0.15) is 0 Å². The Balaban J connectivity index is 1.74. The molecule has 7 heteroatoms. The fraction of sp³-hybridized carbons (Fsp3) is 0.500. The normalized spacial score (nSPS) is 26.5. The Morgan fingerprint density at radius 3 is 3.13 bits per heavy atom. The van der Waals surface area contributed by atoms with Crippen molar-refractivity contribution in [2.24, 2.45) is 11.3 Å². The molecule has 2 aromatic heterocycles. The third-order valence-corrected chi connectivity index (χ3v) is 5.26. The molecule has 4 rings (SSSR count). The molecule has 2 fully saturated rings. The molecule has 2 atom stereocenters. The van der Waals surface area contributed by atoms with Crippen molar-refractivity contribution in [3.63, 3.8) is 0 Å². The van der Waals surface area contributed by atoms with Gasteiger partial charge in [-0.1, -0.05) is 6.42 Å². The molecule has 1 aliphatic heterocycles. The maximum atomic E-state index is 12.4. The first kappa shape index (κ1) is 14.2. The van der Waals surface area contributed by atoms with Crippen molar-refractivity contribution in [2.45, 2.75) is 19.3 Å². The zero-order chi connectivity index (χ0) is 16.0. The molecule has 2 unspecified atom stereocenters. The van der Waals surface area contributed by atoms with Crippen LogP contribution in [0.1, 0.15) is 19.3 Å². The lowest BCUT2D eigenvalue weighted by atomic mass is 9.81. The van der Waals surface area contributed by atoms with E-state index in [9.17, 15) is 4.79 Å². The van der Waals surface area contributed by atoms with E-state index in [0.717, 1.165) is 37.0 Å². The summed E-state index contributed by atoms with van der Waals surface area (Å²) in [4.78, 5) is 27.5. The molecular formula is C16H19N5O2. The third kappa shape index (κ3) is 2.03. The summed E-state index contributed by atoms with van der Waals surface area (Å²) in [6.45, 7) is 1.45. The summed E-state index contributed by atoms with van der Waals surface area (Å²) in [5.74, 6) is 1.48. The Hall–Kier alpha value is -2.44. The van der Waals surface area contributed by atoms with Gasteiger partial charge in [-0.25, -0.2) is 15.0 Å². The summed E-state index contributed by atoms with van der Waals surface area (Å²) < 4.78 is 5.10. The SMILES string of the molecule is COC(=O)C12CCCC1CN(c1ncnc3nc(N)ccc13)C2. The Morgan fingerprint density at radius 1 is 1.43 bits per heavy atom. The molecule has 1 saturated carbocycles. The first-order chi connectivity index (χ1) is 11.1. The minimum atomic E-state index is -0.396. The number of esters is 1. The first-order valence-corrected chi connectivity index (χ1v) is 7.85. The van der Waals surface area contributed by atoms with Gasteiger partial charge in [0.25, 0.3) is 0 Å². The number of hydrogen-bond acceptors (Lipinski definition) is 7. The molecule has 1 aliphatic carbocycles. The summed E-state index contributed by atoms with van der Waals surface area (Å²) in [7, 11) is 1.47. The molecule has 2 N–H and O–H groups in total. The van der Waals surface area contributed by atoms with Crippen LogP contribution < -0.4 is 10.6 Å². The average Bonchev–Trinajstić information content (AvgIpc) is 3.11. The van der Waals surface area contributed by atoms with Gasteiger partial charge in [-0.3, -0.25) is 4.79 Å². The number of nitrogens with zero attached hydrogens (tertiary/aromatic N) is 4. The highest BCUT2D eigenvalue weighted by atomic mass is 16.5. The molecule has 0 amide bonds. The zero-order valence-electron chi connectivity index (χ0n) is 13.0. The molecular weight excluding hydrogens is 294 g/mol. The molecule has 120 valence electrons. The van der Waals surface area contributed by atoms with Gasteiger partial charge in [-0.05, 0) is 30.9 Å². The van der Waals surface area contributed by atoms with Crippen molar-refractivity contribution in [1.29, 1.82) is 0 Å². The van der Waals surface area contributed by atoms with Crippen LogP contribution >= 0.6 is 0 Å². The molecule has 0 radical (unpaired) electrons. The number of carbonyl (C=O) groups is 1. The predicted octanol–water partition coefficient (Wildman–Crippen LogP) is 1.39. The number of hydrogen-bond donors (Lipinski definition) is 1. The van der Waals surface area contributed by atoms with E-state index in [-0.39, 0.29) is 5.97 Å². The van der Waals surface area contributed by atoms with Gasteiger partial charge in [0.2, 0.25) is 0 Å². The van der Waals surface area contributed by atoms with Gasteiger partial charge >= 0.3 is 5.97 Å². The number of ether oxygens (including phenoxy) is 1. The van der Waals surface area contributed by atoms with E-state index in [4.69, 9.17) is 10.5 Å². The van der Waals surface area contributed by atoms with E-state index >= 15 is 0 Å². The maximum Gasteiger partial charge on any atom is 0.313 e. The van der Waals surface area contributed by atoms with E-state index in [2.05, 4.69) is 19.9 Å². The molecule has 0 aromatic carbocycles. The number of pyridine rings is 1. The number of methoxy groups -OCH3 is 1. The number of carbonyl (C=O) groups excluding carboxylic acids is 1. The Kier molecular flexibility index (Phi) is 3.11. The molecule has 1 saturated heterocycles. The predicted molar refractivity (Wildman–Crippen MR) is 85.7 cm³/mol. The summed E-state index contributed by atoms with van der Waals surface area (Å²) >= 11 is 0. The van der Waals surface area contributed by atoms with Gasteiger partial charge in [0, 0.05) is 13.1 Å². The van der Waals surface area contributed by atoms with Crippen molar-refractivity contribution in [1.82, 2.24) is 15.0 Å². The average molecular weight is 313 g/mol. The lowest BCUT2D eigenvalue weighted by Gasteiger charge is -2.25. The van der Waals surface area contributed by atoms with Crippen LogP contribution in [0.25, 0.3) is 11.0 Å². The van der Waals surface area contributed by atoms with Crippen molar-refractivity contribution in [3.05, 3.63) is 18.5 Å². The second kappa shape index (κ2) is 5.04. The molecule has 2 aliphatic rings. The molecule has 3 heterocycles. The largest absolute Gasteiger partial charge is 0.469 e. The second-order valence-corrected chi connectivity index (χ2v) is 6.42. The smallest absolute Gasteiger partial charge is 0.313 e. The number of rotatable bonds is 2. The van der Waals surface area contributed by atoms with E-state index in [0.29, 0.717) is 23.9 Å². The summed E-state index contributed by atoms with van der Waals surface area (Å²) in [5.41, 5.74) is 5.92. The van der Waals surface area contributed by atoms with E-state index < -0.39 is 5.41 Å². The minimum Gasteiger partial charge on any atom is -0.469 e. The van der Waals surface area contributed by atoms with Crippen LogP contribution in [0.15, 0.2) is 18.5 Å². The van der Waals surface area contributed by atoms with Crippen LogP contribution in [0.2, 0.25) is 0 Å². The van der Waals surface area contributed by atoms with Crippen molar-refractivity contribution in [3.8, 4) is 0 Å². The zero-order valence-corrected chi connectivity index (χ0v) is 13.0. The number of nitrogen functional groups attached to an aromatic ring is 1. The van der Waals surface area contributed by atoms with Crippen molar-refractivity contribution < 1.29 is 9.53 Å². The maximum absolute atomic E-state index is 12.4. The van der Waals surface area contributed by atoms with Crippen LogP contribution in [0.5, 0.6) is 0 Å². The summed E-state index contributed by atoms with van der Waals surface area (Å²) in [6, 6.07) is 3.65. The molecule has 23 heavy (non-hydrogen) atoms. The van der Waals surface area contributed by atoms with Crippen LogP contribution in [0, 0.1) is 11.3 Å². The highest BCUT2D eigenvalue weighted by Crippen LogP contribution is 2.50. The van der Waals surface area contributed by atoms with Crippen molar-refractivity contribution in [2.75, 3.05) is 30.8 Å². The van der Waals surface area contributed by atoms with Gasteiger partial charge in [0.15, 0.2) is 5.65 Å². The Bertz CT molecular complexity index is 780. The highest BCUT2D eigenvalue weighted by molar-refractivity contribution is 5.89. The Morgan fingerprint density at radius 2 is 2.30 bits per heavy atom. The third-order valence-electron chi connectivity index (χ3n) is 5.26. The van der Waals surface area contributed by atoms with E-state index in [1.807, 2.05) is 6.07 Å². The topological polar surface area (TPSA) is 94.2 Å². The fourth-order valence-electron chi connectivity index (χ4n) is 4.18. The van der Waals surface area contributed by atoms with Crippen LogP contribution in [-0.2, 0) is 9.53 Å². The minimum absolute atomic E-state index is 0.0942. The second-order valence-electron chi connectivity index (χ2n) is 6.42. The number of aromatic nitrogens is 3. The molecule has 0 spiro atoms. The van der Waals surface area contributed by atoms with Gasteiger partial charge < -0.3 is 15.4 Å². The molecule has 7 nitrogen and oxygen atoms in total. The van der Waals surface area contributed by atoms with E-state index in [1.54, 1.807) is 6.07 Å².